The van der Waals surface area contributed by atoms with Gasteiger partial charge in [-0.05, 0) is 49.2 Å². The van der Waals surface area contributed by atoms with Crippen LogP contribution in [0, 0.1) is 0 Å². The van der Waals surface area contributed by atoms with Crippen molar-refractivity contribution in [2.45, 2.75) is 51.5 Å². The molecule has 0 aliphatic carbocycles. The molecular formula is C11H21N5. The van der Waals surface area contributed by atoms with Crippen molar-refractivity contribution in [3.8, 4) is 0 Å². The van der Waals surface area contributed by atoms with Gasteiger partial charge in [0, 0.05) is 5.92 Å². The first kappa shape index (κ1) is 11.5. The summed E-state index contributed by atoms with van der Waals surface area (Å²) in [5.41, 5.74) is 0. The van der Waals surface area contributed by atoms with Gasteiger partial charge in [-0.2, -0.15) is 0 Å². The Morgan fingerprint density at radius 2 is 2.00 bits per heavy atom. The van der Waals surface area contributed by atoms with Crippen LogP contribution < -0.4 is 5.32 Å². The molecule has 1 aliphatic heterocycles. The van der Waals surface area contributed by atoms with E-state index in [1.165, 1.54) is 0 Å². The van der Waals surface area contributed by atoms with E-state index >= 15 is 0 Å². The molecule has 1 aromatic heterocycles. The highest BCUT2D eigenvalue weighted by atomic mass is 15.6. The van der Waals surface area contributed by atoms with Crippen LogP contribution in [0.15, 0.2) is 0 Å². The summed E-state index contributed by atoms with van der Waals surface area (Å²) in [6.07, 6.45) is 4.50. The van der Waals surface area contributed by atoms with Gasteiger partial charge in [0.25, 0.3) is 0 Å². The summed E-state index contributed by atoms with van der Waals surface area (Å²) in [7, 11) is 0. The molecule has 2 heterocycles. The predicted octanol–water partition coefficient (Wildman–Crippen LogP) is 1.50. The minimum absolute atomic E-state index is 0.492. The number of nitrogens with zero attached hydrogens (tertiary/aromatic N) is 4. The molecule has 0 aromatic carbocycles. The van der Waals surface area contributed by atoms with Crippen molar-refractivity contribution in [1.82, 2.24) is 25.5 Å². The largest absolute Gasteiger partial charge is 0.317 e. The molecule has 0 unspecified atom stereocenters. The van der Waals surface area contributed by atoms with E-state index in [1.54, 1.807) is 0 Å². The van der Waals surface area contributed by atoms with Crippen LogP contribution in [0.4, 0.5) is 0 Å². The number of hydrogen-bond donors (Lipinski definition) is 1. The lowest BCUT2D eigenvalue weighted by atomic mass is 10.0. The topological polar surface area (TPSA) is 55.6 Å². The highest BCUT2D eigenvalue weighted by Gasteiger charge is 2.23. The van der Waals surface area contributed by atoms with Crippen LogP contribution in [0.2, 0.25) is 0 Å². The average Bonchev–Trinajstić information content (AvgIpc) is 2.81. The molecule has 90 valence electrons. The molecular weight excluding hydrogens is 202 g/mol. The zero-order valence-corrected chi connectivity index (χ0v) is 10.2. The van der Waals surface area contributed by atoms with Gasteiger partial charge in [0.05, 0.1) is 6.04 Å². The maximum Gasteiger partial charge on any atom is 0.154 e. The van der Waals surface area contributed by atoms with Crippen molar-refractivity contribution < 1.29 is 0 Å². The molecule has 5 heteroatoms. The van der Waals surface area contributed by atoms with E-state index in [4.69, 9.17) is 0 Å². The first-order valence-electron chi connectivity index (χ1n) is 6.35. The molecule has 0 saturated carbocycles. The first-order chi connectivity index (χ1) is 7.86. The van der Waals surface area contributed by atoms with Crippen LogP contribution in [-0.4, -0.2) is 33.3 Å². The lowest BCUT2D eigenvalue weighted by Gasteiger charge is -2.24. The Bertz CT molecular complexity index is 312. The van der Waals surface area contributed by atoms with Crippen molar-refractivity contribution in [2.24, 2.45) is 0 Å². The van der Waals surface area contributed by atoms with Gasteiger partial charge in [0.1, 0.15) is 0 Å². The maximum atomic E-state index is 4.21. The Balaban J connectivity index is 2.16. The highest BCUT2D eigenvalue weighted by Crippen LogP contribution is 2.25. The highest BCUT2D eigenvalue weighted by molar-refractivity contribution is 4.95. The van der Waals surface area contributed by atoms with Gasteiger partial charge < -0.3 is 5.32 Å². The van der Waals surface area contributed by atoms with Crippen molar-refractivity contribution in [3.63, 3.8) is 0 Å². The second kappa shape index (κ2) is 5.39. The normalized spacial score (nSPS) is 18.2. The van der Waals surface area contributed by atoms with Crippen LogP contribution >= 0.6 is 0 Å². The number of aromatic nitrogens is 4. The van der Waals surface area contributed by atoms with Crippen LogP contribution in [-0.2, 0) is 0 Å². The van der Waals surface area contributed by atoms with Crippen LogP contribution in [0.1, 0.15) is 57.3 Å². The Labute approximate surface area is 96.6 Å². The zero-order valence-electron chi connectivity index (χ0n) is 10.2. The van der Waals surface area contributed by atoms with Gasteiger partial charge in [0.15, 0.2) is 5.82 Å². The lowest BCUT2D eigenvalue weighted by molar-refractivity contribution is 0.322. The quantitative estimate of drug-likeness (QED) is 0.840. The van der Waals surface area contributed by atoms with Gasteiger partial charge in [-0.1, -0.05) is 13.8 Å². The zero-order chi connectivity index (χ0) is 11.4. The minimum Gasteiger partial charge on any atom is -0.317 e. The molecule has 16 heavy (non-hydrogen) atoms. The van der Waals surface area contributed by atoms with Crippen molar-refractivity contribution in [3.05, 3.63) is 5.82 Å². The maximum absolute atomic E-state index is 4.21. The summed E-state index contributed by atoms with van der Waals surface area (Å²) in [6.45, 7) is 6.56. The van der Waals surface area contributed by atoms with Gasteiger partial charge in [0.2, 0.25) is 0 Å². The third-order valence-electron chi connectivity index (χ3n) is 3.52. The number of hydrogen-bond acceptors (Lipinski definition) is 4. The van der Waals surface area contributed by atoms with E-state index < -0.39 is 0 Å². The van der Waals surface area contributed by atoms with Crippen LogP contribution in [0.5, 0.6) is 0 Å². The number of tetrazole rings is 1. The molecule has 5 nitrogen and oxygen atoms in total. The standard InChI is InChI=1S/C11H21N5/c1-3-9(4-2)11-13-14-15-16(11)10-5-7-12-8-6-10/h9-10,12H,3-8H2,1-2H3. The third kappa shape index (κ3) is 2.24. The second-order valence-electron chi connectivity index (χ2n) is 4.48. The number of piperidine rings is 1. The summed E-state index contributed by atoms with van der Waals surface area (Å²) in [5.74, 6) is 1.58. The van der Waals surface area contributed by atoms with E-state index in [0.29, 0.717) is 12.0 Å². The Hall–Kier alpha value is -0.970. The van der Waals surface area contributed by atoms with Crippen LogP contribution in [0.25, 0.3) is 0 Å². The monoisotopic (exact) mass is 223 g/mol. The van der Waals surface area contributed by atoms with Gasteiger partial charge >= 0.3 is 0 Å². The lowest BCUT2D eigenvalue weighted by Crippen LogP contribution is -2.31. The molecule has 1 saturated heterocycles. The predicted molar refractivity (Wildman–Crippen MR) is 62.3 cm³/mol. The summed E-state index contributed by atoms with van der Waals surface area (Å²) in [5, 5.41) is 15.6. The molecule has 0 bridgehead atoms. The SMILES string of the molecule is CCC(CC)c1nnnn1C1CCNCC1. The first-order valence-corrected chi connectivity index (χ1v) is 6.35. The summed E-state index contributed by atoms with van der Waals surface area (Å²) < 4.78 is 2.07. The fraction of sp³-hybridized carbons (Fsp3) is 0.909. The molecule has 1 N–H and O–H groups in total. The van der Waals surface area contributed by atoms with E-state index in [9.17, 15) is 0 Å². The van der Waals surface area contributed by atoms with Crippen molar-refractivity contribution in [2.75, 3.05) is 13.1 Å². The van der Waals surface area contributed by atoms with E-state index in [-0.39, 0.29) is 0 Å². The molecule has 0 amide bonds. The van der Waals surface area contributed by atoms with Gasteiger partial charge in [-0.3, -0.25) is 0 Å². The molecule has 1 aromatic rings. The average molecular weight is 223 g/mol. The summed E-state index contributed by atoms with van der Waals surface area (Å²) in [4.78, 5) is 0. The third-order valence-corrected chi connectivity index (χ3v) is 3.52. The number of nitrogens with one attached hydrogen (secondary N) is 1. The number of rotatable bonds is 4. The fourth-order valence-corrected chi connectivity index (χ4v) is 2.43. The van der Waals surface area contributed by atoms with Gasteiger partial charge in [-0.15, -0.1) is 5.10 Å². The summed E-state index contributed by atoms with van der Waals surface area (Å²) >= 11 is 0. The minimum atomic E-state index is 0.492. The van der Waals surface area contributed by atoms with Crippen molar-refractivity contribution in [1.29, 1.82) is 0 Å². The Kier molecular flexibility index (Phi) is 3.88. The smallest absolute Gasteiger partial charge is 0.154 e. The molecule has 2 rings (SSSR count). The van der Waals surface area contributed by atoms with Crippen molar-refractivity contribution >= 4 is 0 Å². The van der Waals surface area contributed by atoms with E-state index in [2.05, 4.69) is 39.4 Å². The van der Waals surface area contributed by atoms with E-state index in [1.807, 2.05) is 0 Å². The molecule has 1 fully saturated rings. The Morgan fingerprint density at radius 1 is 1.31 bits per heavy atom. The molecule has 0 spiro atoms. The molecule has 1 aliphatic rings. The second-order valence-corrected chi connectivity index (χ2v) is 4.48. The van der Waals surface area contributed by atoms with Gasteiger partial charge in [-0.25, -0.2) is 4.68 Å². The molecule has 0 radical (unpaired) electrons. The molecule has 0 atom stereocenters. The van der Waals surface area contributed by atoms with E-state index in [0.717, 1.165) is 44.6 Å². The summed E-state index contributed by atoms with van der Waals surface area (Å²) in [6, 6.07) is 0.492. The fourth-order valence-electron chi connectivity index (χ4n) is 2.43. The Morgan fingerprint density at radius 3 is 2.62 bits per heavy atom. The van der Waals surface area contributed by atoms with Crippen LogP contribution in [0.3, 0.4) is 0 Å².